The molecule has 4 heteroatoms. The van der Waals surface area contributed by atoms with Crippen molar-refractivity contribution in [2.45, 2.75) is 38.8 Å². The summed E-state index contributed by atoms with van der Waals surface area (Å²) in [4.78, 5) is 0. The smallest absolute Gasteiger partial charge is 0.261 e. The summed E-state index contributed by atoms with van der Waals surface area (Å²) < 4.78 is 29.0. The van der Waals surface area contributed by atoms with Gasteiger partial charge < -0.3 is 10.5 Å². The quantitative estimate of drug-likeness (QED) is 0.833. The molecule has 0 aliphatic heterocycles. The third-order valence-corrected chi connectivity index (χ3v) is 2.76. The Kier molecular flexibility index (Phi) is 5.51. The molecule has 17 heavy (non-hydrogen) atoms. The lowest BCUT2D eigenvalue weighted by atomic mass is 10.0. The van der Waals surface area contributed by atoms with Crippen molar-refractivity contribution in [2.75, 3.05) is 6.61 Å². The molecule has 2 nitrogen and oxygen atoms in total. The highest BCUT2D eigenvalue weighted by molar-refractivity contribution is 5.25. The summed E-state index contributed by atoms with van der Waals surface area (Å²) in [5.74, 6) is 0. The van der Waals surface area contributed by atoms with E-state index < -0.39 is 19.1 Å². The Morgan fingerprint density at radius 1 is 1.24 bits per heavy atom. The molecule has 0 saturated heterocycles. The molecule has 1 aromatic carbocycles. The van der Waals surface area contributed by atoms with Crippen LogP contribution in [0.1, 0.15) is 31.0 Å². The monoisotopic (exact) mass is 243 g/mol. The highest BCUT2D eigenvalue weighted by Crippen LogP contribution is 2.18. The molecule has 1 rings (SSSR count). The van der Waals surface area contributed by atoms with Crippen molar-refractivity contribution in [3.8, 4) is 0 Å². The molecule has 0 amide bonds. The second-order valence-corrected chi connectivity index (χ2v) is 4.05. The molecule has 2 unspecified atom stereocenters. The Morgan fingerprint density at radius 2 is 1.82 bits per heavy atom. The van der Waals surface area contributed by atoms with Crippen LogP contribution in [0.25, 0.3) is 0 Å². The van der Waals surface area contributed by atoms with Crippen molar-refractivity contribution >= 4 is 0 Å². The third-order valence-electron chi connectivity index (χ3n) is 2.76. The Hall–Kier alpha value is -1.00. The van der Waals surface area contributed by atoms with Crippen LogP contribution >= 0.6 is 0 Å². The lowest BCUT2D eigenvalue weighted by Gasteiger charge is -2.21. The van der Waals surface area contributed by atoms with Crippen LogP contribution in [0.15, 0.2) is 24.3 Å². The van der Waals surface area contributed by atoms with Gasteiger partial charge in [-0.05, 0) is 24.5 Å². The summed E-state index contributed by atoms with van der Waals surface area (Å²) in [5.41, 5.74) is 8.08. The number of hydrogen-bond acceptors (Lipinski definition) is 2. The van der Waals surface area contributed by atoms with E-state index in [1.54, 1.807) is 6.92 Å². The van der Waals surface area contributed by atoms with E-state index in [1.807, 2.05) is 24.3 Å². The molecular weight excluding hydrogens is 224 g/mol. The number of alkyl halides is 2. The summed E-state index contributed by atoms with van der Waals surface area (Å²) in [5, 5.41) is 0. The van der Waals surface area contributed by atoms with E-state index in [1.165, 1.54) is 5.56 Å². The molecular formula is C13H19F2NO. The van der Waals surface area contributed by atoms with Crippen LogP contribution in [0.2, 0.25) is 0 Å². The summed E-state index contributed by atoms with van der Waals surface area (Å²) >= 11 is 0. The predicted octanol–water partition coefficient (Wildman–Crippen LogP) is 2.92. The molecule has 0 spiro atoms. The normalized spacial score (nSPS) is 14.9. The third kappa shape index (κ3) is 4.40. The van der Waals surface area contributed by atoms with Crippen LogP contribution in [0.4, 0.5) is 8.78 Å². The van der Waals surface area contributed by atoms with Crippen molar-refractivity contribution in [3.63, 3.8) is 0 Å². The number of hydrogen-bond donors (Lipinski definition) is 1. The van der Waals surface area contributed by atoms with Gasteiger partial charge in [0.25, 0.3) is 6.43 Å². The maximum atomic E-state index is 12.0. The van der Waals surface area contributed by atoms with Gasteiger partial charge in [0.15, 0.2) is 0 Å². The number of benzene rings is 1. The fourth-order valence-corrected chi connectivity index (χ4v) is 1.57. The Balaban J connectivity index is 2.58. The fourth-order valence-electron chi connectivity index (χ4n) is 1.57. The van der Waals surface area contributed by atoms with Gasteiger partial charge in [-0.1, -0.05) is 31.2 Å². The molecule has 0 heterocycles. The van der Waals surface area contributed by atoms with Gasteiger partial charge in [-0.3, -0.25) is 0 Å². The SMILES string of the molecule is CCc1ccc(C(N)C(C)OCC(F)F)cc1. The fraction of sp³-hybridized carbons (Fsp3) is 0.538. The minimum Gasteiger partial charge on any atom is -0.371 e. The summed E-state index contributed by atoms with van der Waals surface area (Å²) in [6, 6.07) is 7.46. The first-order chi connectivity index (χ1) is 8.04. The zero-order valence-electron chi connectivity index (χ0n) is 10.2. The molecule has 0 radical (unpaired) electrons. The zero-order valence-corrected chi connectivity index (χ0v) is 10.2. The first-order valence-electron chi connectivity index (χ1n) is 5.78. The second kappa shape index (κ2) is 6.67. The summed E-state index contributed by atoms with van der Waals surface area (Å²) in [6.45, 7) is 3.21. The molecule has 2 N–H and O–H groups in total. The van der Waals surface area contributed by atoms with Gasteiger partial charge in [0.1, 0.15) is 6.61 Å². The maximum absolute atomic E-state index is 12.0. The largest absolute Gasteiger partial charge is 0.371 e. The van der Waals surface area contributed by atoms with E-state index in [0.29, 0.717) is 0 Å². The molecule has 0 aliphatic carbocycles. The van der Waals surface area contributed by atoms with Crippen LogP contribution in [-0.4, -0.2) is 19.1 Å². The van der Waals surface area contributed by atoms with Gasteiger partial charge in [-0.25, -0.2) is 8.78 Å². The van der Waals surface area contributed by atoms with Crippen LogP contribution < -0.4 is 5.73 Å². The number of rotatable bonds is 6. The van der Waals surface area contributed by atoms with Crippen LogP contribution in [0, 0.1) is 0 Å². The van der Waals surface area contributed by atoms with E-state index in [4.69, 9.17) is 10.5 Å². The number of nitrogens with two attached hydrogens (primary N) is 1. The van der Waals surface area contributed by atoms with Crippen LogP contribution in [-0.2, 0) is 11.2 Å². The Bertz CT molecular complexity index is 327. The van der Waals surface area contributed by atoms with E-state index in [-0.39, 0.29) is 6.04 Å². The molecule has 0 bridgehead atoms. The van der Waals surface area contributed by atoms with Crippen LogP contribution in [0.3, 0.4) is 0 Å². The predicted molar refractivity (Wildman–Crippen MR) is 64.2 cm³/mol. The van der Waals surface area contributed by atoms with Crippen molar-refractivity contribution < 1.29 is 13.5 Å². The van der Waals surface area contributed by atoms with Gasteiger partial charge >= 0.3 is 0 Å². The Morgan fingerprint density at radius 3 is 2.29 bits per heavy atom. The summed E-state index contributed by atoms with van der Waals surface area (Å²) in [6.07, 6.45) is -1.91. The molecule has 0 aromatic heterocycles. The highest BCUT2D eigenvalue weighted by atomic mass is 19.3. The Labute approximate surface area is 101 Å². The molecule has 1 aromatic rings. The average molecular weight is 243 g/mol. The van der Waals surface area contributed by atoms with Crippen molar-refractivity contribution in [1.82, 2.24) is 0 Å². The van der Waals surface area contributed by atoms with Crippen molar-refractivity contribution in [3.05, 3.63) is 35.4 Å². The van der Waals surface area contributed by atoms with Gasteiger partial charge in [0.05, 0.1) is 12.1 Å². The number of aryl methyl sites for hydroxylation is 1. The lowest BCUT2D eigenvalue weighted by Crippen LogP contribution is -2.28. The minimum atomic E-state index is -2.45. The maximum Gasteiger partial charge on any atom is 0.261 e. The molecule has 96 valence electrons. The van der Waals surface area contributed by atoms with E-state index in [0.717, 1.165) is 12.0 Å². The molecule has 2 atom stereocenters. The summed E-state index contributed by atoms with van der Waals surface area (Å²) in [7, 11) is 0. The average Bonchev–Trinajstić information content (AvgIpc) is 2.35. The number of ether oxygens (including phenoxy) is 1. The van der Waals surface area contributed by atoms with E-state index in [9.17, 15) is 8.78 Å². The standard InChI is InChI=1S/C13H19F2NO/c1-3-10-4-6-11(7-5-10)13(16)9(2)17-8-12(14)15/h4-7,9,12-13H,3,8,16H2,1-2H3. The van der Waals surface area contributed by atoms with Gasteiger partial charge in [0.2, 0.25) is 0 Å². The van der Waals surface area contributed by atoms with Crippen molar-refractivity contribution in [2.24, 2.45) is 5.73 Å². The number of halogens is 2. The topological polar surface area (TPSA) is 35.2 Å². The van der Waals surface area contributed by atoms with Gasteiger partial charge in [-0.2, -0.15) is 0 Å². The second-order valence-electron chi connectivity index (χ2n) is 4.05. The molecule has 0 aliphatic rings. The first-order valence-corrected chi connectivity index (χ1v) is 5.78. The molecule has 0 fully saturated rings. The minimum absolute atomic E-state index is 0.375. The van der Waals surface area contributed by atoms with E-state index >= 15 is 0 Å². The zero-order chi connectivity index (χ0) is 12.8. The van der Waals surface area contributed by atoms with E-state index in [2.05, 4.69) is 6.92 Å². The lowest BCUT2D eigenvalue weighted by molar-refractivity contribution is -0.0261. The van der Waals surface area contributed by atoms with Gasteiger partial charge in [0, 0.05) is 0 Å². The van der Waals surface area contributed by atoms with Crippen molar-refractivity contribution in [1.29, 1.82) is 0 Å². The van der Waals surface area contributed by atoms with Crippen LogP contribution in [0.5, 0.6) is 0 Å². The highest BCUT2D eigenvalue weighted by Gasteiger charge is 2.17. The van der Waals surface area contributed by atoms with Gasteiger partial charge in [-0.15, -0.1) is 0 Å². The first kappa shape index (κ1) is 14.1. The molecule has 0 saturated carbocycles.